The third-order valence-electron chi connectivity index (χ3n) is 2.54. The highest BCUT2D eigenvalue weighted by Crippen LogP contribution is 2.11. The molecule has 0 fully saturated rings. The van der Waals surface area contributed by atoms with Crippen LogP contribution in [0.3, 0.4) is 0 Å². The highest BCUT2D eigenvalue weighted by atomic mass is 16.4. The summed E-state index contributed by atoms with van der Waals surface area (Å²) in [5.74, 6) is -0.450. The maximum atomic E-state index is 10.8. The Morgan fingerprint density at radius 3 is 2.71 bits per heavy atom. The second-order valence-electron chi connectivity index (χ2n) is 3.96. The first-order valence-electron chi connectivity index (χ1n) is 5.70. The molecule has 0 saturated heterocycles. The van der Waals surface area contributed by atoms with Crippen LogP contribution in [0.4, 0.5) is 0 Å². The van der Waals surface area contributed by atoms with Crippen LogP contribution in [0.5, 0.6) is 0 Å². The number of nitrogens with two attached hydrogens (primary N) is 1. The molecular formula is C13H18N2O2. The summed E-state index contributed by atoms with van der Waals surface area (Å²) in [5, 5.41) is 8.85. The summed E-state index contributed by atoms with van der Waals surface area (Å²) < 4.78 is 0. The van der Waals surface area contributed by atoms with E-state index >= 15 is 0 Å². The Morgan fingerprint density at radius 1 is 1.47 bits per heavy atom. The van der Waals surface area contributed by atoms with Gasteiger partial charge in [-0.1, -0.05) is 19.4 Å². The second-order valence-corrected chi connectivity index (χ2v) is 3.96. The molecule has 1 aromatic rings. The Morgan fingerprint density at radius 2 is 2.18 bits per heavy atom. The third kappa shape index (κ3) is 3.59. The van der Waals surface area contributed by atoms with E-state index in [1.54, 1.807) is 18.2 Å². The SMILES string of the molecule is CCCCN=C(N)c1ccc(C(=O)O)cc1C. The molecule has 0 aromatic heterocycles. The van der Waals surface area contributed by atoms with Crippen LogP contribution >= 0.6 is 0 Å². The molecule has 0 unspecified atom stereocenters. The maximum Gasteiger partial charge on any atom is 0.335 e. The molecule has 0 heterocycles. The molecule has 0 aliphatic carbocycles. The molecule has 0 aliphatic rings. The number of carboxylic acid groups (broad SMARTS) is 1. The van der Waals surface area contributed by atoms with E-state index < -0.39 is 5.97 Å². The minimum absolute atomic E-state index is 0.271. The predicted molar refractivity (Wildman–Crippen MR) is 68.6 cm³/mol. The van der Waals surface area contributed by atoms with Crippen molar-refractivity contribution in [2.24, 2.45) is 10.7 Å². The largest absolute Gasteiger partial charge is 0.478 e. The Labute approximate surface area is 101 Å². The number of nitrogens with zero attached hydrogens (tertiary/aromatic N) is 1. The fraction of sp³-hybridized carbons (Fsp3) is 0.385. The lowest BCUT2D eigenvalue weighted by atomic mass is 10.0. The zero-order chi connectivity index (χ0) is 12.8. The van der Waals surface area contributed by atoms with Gasteiger partial charge in [-0.15, -0.1) is 0 Å². The number of amidine groups is 1. The number of hydrogen-bond acceptors (Lipinski definition) is 2. The van der Waals surface area contributed by atoms with Crippen LogP contribution in [0.25, 0.3) is 0 Å². The van der Waals surface area contributed by atoms with Gasteiger partial charge in [-0.2, -0.15) is 0 Å². The number of aromatic carboxylic acids is 1. The standard InChI is InChI=1S/C13H18N2O2/c1-3-4-7-15-12(14)11-6-5-10(13(16)17)8-9(11)2/h5-6,8H,3-4,7H2,1-2H3,(H2,14,15)(H,16,17). The van der Waals surface area contributed by atoms with Crippen molar-refractivity contribution in [3.63, 3.8) is 0 Å². The third-order valence-corrected chi connectivity index (χ3v) is 2.54. The van der Waals surface area contributed by atoms with Gasteiger partial charge >= 0.3 is 5.97 Å². The van der Waals surface area contributed by atoms with Crippen LogP contribution < -0.4 is 5.73 Å². The van der Waals surface area contributed by atoms with Gasteiger partial charge in [0.2, 0.25) is 0 Å². The van der Waals surface area contributed by atoms with Gasteiger partial charge in [0, 0.05) is 12.1 Å². The summed E-state index contributed by atoms with van der Waals surface area (Å²) in [5.41, 5.74) is 7.78. The number of aliphatic imine (C=N–C) groups is 1. The molecule has 0 aliphatic heterocycles. The zero-order valence-corrected chi connectivity index (χ0v) is 10.2. The van der Waals surface area contributed by atoms with Crippen molar-refractivity contribution >= 4 is 11.8 Å². The van der Waals surface area contributed by atoms with Crippen molar-refractivity contribution in [3.8, 4) is 0 Å². The lowest BCUT2D eigenvalue weighted by molar-refractivity contribution is 0.0697. The number of unbranched alkanes of at least 4 members (excludes halogenated alkanes) is 1. The molecule has 0 amide bonds. The van der Waals surface area contributed by atoms with Gasteiger partial charge in [0.05, 0.1) is 5.56 Å². The fourth-order valence-electron chi connectivity index (χ4n) is 1.53. The van der Waals surface area contributed by atoms with Gasteiger partial charge < -0.3 is 10.8 Å². The van der Waals surface area contributed by atoms with Crippen molar-refractivity contribution in [3.05, 3.63) is 34.9 Å². The molecule has 1 rings (SSSR count). The van der Waals surface area contributed by atoms with Crippen molar-refractivity contribution in [2.75, 3.05) is 6.54 Å². The lowest BCUT2D eigenvalue weighted by Crippen LogP contribution is -2.16. The minimum Gasteiger partial charge on any atom is -0.478 e. The molecule has 3 N–H and O–H groups in total. The first kappa shape index (κ1) is 13.2. The second kappa shape index (κ2) is 6.03. The normalized spacial score (nSPS) is 11.5. The molecule has 92 valence electrons. The number of carboxylic acids is 1. The van der Waals surface area contributed by atoms with Crippen LogP contribution in [0, 0.1) is 6.92 Å². The van der Waals surface area contributed by atoms with E-state index in [4.69, 9.17) is 10.8 Å². The van der Waals surface area contributed by atoms with E-state index in [-0.39, 0.29) is 5.56 Å². The Balaban J connectivity index is 2.91. The number of rotatable bonds is 5. The van der Waals surface area contributed by atoms with Crippen LogP contribution in [-0.2, 0) is 0 Å². The average Bonchev–Trinajstić information content (AvgIpc) is 2.28. The monoisotopic (exact) mass is 234 g/mol. The van der Waals surface area contributed by atoms with E-state index in [2.05, 4.69) is 11.9 Å². The van der Waals surface area contributed by atoms with Crippen LogP contribution in [0.15, 0.2) is 23.2 Å². The molecule has 0 bridgehead atoms. The predicted octanol–water partition coefficient (Wildman–Crippen LogP) is 2.20. The van der Waals surface area contributed by atoms with Crippen LogP contribution in [0.1, 0.15) is 41.3 Å². The Kier molecular flexibility index (Phi) is 4.69. The maximum absolute atomic E-state index is 10.8. The molecule has 4 nitrogen and oxygen atoms in total. The van der Waals surface area contributed by atoms with Crippen LogP contribution in [0.2, 0.25) is 0 Å². The highest BCUT2D eigenvalue weighted by Gasteiger charge is 2.07. The van der Waals surface area contributed by atoms with Crippen molar-refractivity contribution in [1.29, 1.82) is 0 Å². The first-order valence-corrected chi connectivity index (χ1v) is 5.70. The molecule has 4 heteroatoms. The number of carbonyl (C=O) groups is 1. The van der Waals surface area contributed by atoms with Crippen LogP contribution in [-0.4, -0.2) is 23.5 Å². The van der Waals surface area contributed by atoms with Crippen molar-refractivity contribution in [2.45, 2.75) is 26.7 Å². The van der Waals surface area contributed by atoms with E-state index in [0.717, 1.165) is 24.0 Å². The highest BCUT2D eigenvalue weighted by molar-refractivity contribution is 6.00. The molecule has 0 radical (unpaired) electrons. The molecular weight excluding hydrogens is 216 g/mol. The van der Waals surface area contributed by atoms with E-state index in [1.165, 1.54) is 0 Å². The zero-order valence-electron chi connectivity index (χ0n) is 10.2. The van der Waals surface area contributed by atoms with Gasteiger partial charge in [-0.3, -0.25) is 4.99 Å². The summed E-state index contributed by atoms with van der Waals surface area (Å²) in [7, 11) is 0. The smallest absolute Gasteiger partial charge is 0.335 e. The van der Waals surface area contributed by atoms with E-state index in [9.17, 15) is 4.79 Å². The fourth-order valence-corrected chi connectivity index (χ4v) is 1.53. The topological polar surface area (TPSA) is 75.7 Å². The quantitative estimate of drug-likeness (QED) is 0.466. The average molecular weight is 234 g/mol. The molecule has 1 aromatic carbocycles. The molecule has 0 saturated carbocycles. The summed E-state index contributed by atoms with van der Waals surface area (Å²) in [6.45, 7) is 4.64. The summed E-state index contributed by atoms with van der Waals surface area (Å²) in [4.78, 5) is 15.1. The Bertz CT molecular complexity index is 439. The van der Waals surface area contributed by atoms with Gasteiger partial charge in [0.25, 0.3) is 0 Å². The van der Waals surface area contributed by atoms with Gasteiger partial charge in [0.15, 0.2) is 0 Å². The molecule has 0 spiro atoms. The van der Waals surface area contributed by atoms with E-state index in [1.807, 2.05) is 6.92 Å². The minimum atomic E-state index is -0.929. The lowest BCUT2D eigenvalue weighted by Gasteiger charge is -2.06. The number of hydrogen-bond donors (Lipinski definition) is 2. The number of aryl methyl sites for hydroxylation is 1. The van der Waals surface area contributed by atoms with Crippen molar-refractivity contribution in [1.82, 2.24) is 0 Å². The van der Waals surface area contributed by atoms with Gasteiger partial charge in [-0.25, -0.2) is 4.79 Å². The number of benzene rings is 1. The van der Waals surface area contributed by atoms with Gasteiger partial charge in [-0.05, 0) is 31.0 Å². The molecule has 0 atom stereocenters. The summed E-state index contributed by atoms with van der Waals surface area (Å²) in [6, 6.07) is 4.87. The van der Waals surface area contributed by atoms with E-state index in [0.29, 0.717) is 12.4 Å². The summed E-state index contributed by atoms with van der Waals surface area (Å²) in [6.07, 6.45) is 2.08. The Hall–Kier alpha value is -1.84. The first-order chi connectivity index (χ1) is 8.06. The summed E-state index contributed by atoms with van der Waals surface area (Å²) >= 11 is 0. The van der Waals surface area contributed by atoms with Crippen molar-refractivity contribution < 1.29 is 9.90 Å². The molecule has 17 heavy (non-hydrogen) atoms. The van der Waals surface area contributed by atoms with Gasteiger partial charge in [0.1, 0.15) is 5.84 Å².